The Labute approximate surface area is 135 Å². The Balaban J connectivity index is 1.95. The highest BCUT2D eigenvalue weighted by molar-refractivity contribution is 6.29. The molecule has 0 radical (unpaired) electrons. The van der Waals surface area contributed by atoms with Gasteiger partial charge in [0.25, 0.3) is 5.91 Å². The molecule has 0 saturated heterocycles. The van der Waals surface area contributed by atoms with Gasteiger partial charge < -0.3 is 10.1 Å². The maximum atomic E-state index is 11.9. The molecular formula is C17H19ClN2O2. The fourth-order valence-electron chi connectivity index (χ4n) is 2.03. The number of hydrogen-bond donors (Lipinski definition) is 1. The van der Waals surface area contributed by atoms with Gasteiger partial charge in [-0.05, 0) is 36.1 Å². The van der Waals surface area contributed by atoms with Crippen LogP contribution in [0.4, 0.5) is 5.69 Å². The number of amides is 1. The molecule has 5 heteroatoms. The number of hydrogen-bond acceptors (Lipinski definition) is 3. The molecule has 0 fully saturated rings. The number of aromatic nitrogens is 1. The van der Waals surface area contributed by atoms with E-state index in [-0.39, 0.29) is 12.5 Å². The largest absolute Gasteiger partial charge is 0.483 e. The second-order valence-corrected chi connectivity index (χ2v) is 5.44. The number of nitrogens with one attached hydrogen (secondary N) is 1. The zero-order valence-corrected chi connectivity index (χ0v) is 13.4. The van der Waals surface area contributed by atoms with Gasteiger partial charge in [-0.15, -0.1) is 0 Å². The van der Waals surface area contributed by atoms with Crippen molar-refractivity contribution in [1.29, 1.82) is 0 Å². The molecule has 0 aliphatic carbocycles. The minimum atomic E-state index is -0.233. The number of pyridine rings is 1. The van der Waals surface area contributed by atoms with Gasteiger partial charge in [-0.1, -0.05) is 43.6 Å². The second-order valence-electron chi connectivity index (χ2n) is 5.05. The Morgan fingerprint density at radius 3 is 2.77 bits per heavy atom. The van der Waals surface area contributed by atoms with Crippen LogP contribution in [-0.2, 0) is 4.79 Å². The van der Waals surface area contributed by atoms with Crippen LogP contribution in [0.2, 0.25) is 5.15 Å². The highest BCUT2D eigenvalue weighted by Crippen LogP contribution is 2.28. The Hall–Kier alpha value is -2.07. The lowest BCUT2D eigenvalue weighted by atomic mass is 9.98. The van der Waals surface area contributed by atoms with Crippen molar-refractivity contribution >= 4 is 23.2 Å². The molecule has 0 saturated carbocycles. The van der Waals surface area contributed by atoms with Crippen LogP contribution in [0.15, 0.2) is 42.6 Å². The average Bonchev–Trinajstić information content (AvgIpc) is 2.54. The summed E-state index contributed by atoms with van der Waals surface area (Å²) in [5.74, 6) is 0.907. The molecule has 0 spiro atoms. The van der Waals surface area contributed by atoms with Gasteiger partial charge in [-0.25, -0.2) is 4.98 Å². The Kier molecular flexibility index (Phi) is 5.78. The van der Waals surface area contributed by atoms with Gasteiger partial charge >= 0.3 is 0 Å². The molecule has 22 heavy (non-hydrogen) atoms. The average molecular weight is 319 g/mol. The van der Waals surface area contributed by atoms with E-state index in [1.165, 1.54) is 6.20 Å². The maximum absolute atomic E-state index is 11.9. The molecule has 4 nitrogen and oxygen atoms in total. The first-order valence-corrected chi connectivity index (χ1v) is 7.61. The molecular weight excluding hydrogens is 300 g/mol. The smallest absolute Gasteiger partial charge is 0.262 e. The van der Waals surface area contributed by atoms with E-state index >= 15 is 0 Å². The normalized spacial score (nSPS) is 11.8. The first-order valence-electron chi connectivity index (χ1n) is 7.23. The van der Waals surface area contributed by atoms with E-state index in [2.05, 4.69) is 24.1 Å². The minimum absolute atomic E-state index is 0.0456. The third-order valence-electron chi connectivity index (χ3n) is 3.43. The van der Waals surface area contributed by atoms with Crippen molar-refractivity contribution in [3.63, 3.8) is 0 Å². The number of rotatable bonds is 6. The molecule has 0 aliphatic heterocycles. The summed E-state index contributed by atoms with van der Waals surface area (Å²) in [6.45, 7) is 4.22. The molecule has 0 bridgehead atoms. The molecule has 2 aromatic rings. The lowest BCUT2D eigenvalue weighted by molar-refractivity contribution is -0.118. The highest BCUT2D eigenvalue weighted by atomic mass is 35.5. The predicted octanol–water partition coefficient (Wildman–Crippen LogP) is 4.27. The van der Waals surface area contributed by atoms with Gasteiger partial charge in [0.05, 0.1) is 11.9 Å². The molecule has 1 aromatic carbocycles. The molecule has 1 aromatic heterocycles. The summed E-state index contributed by atoms with van der Waals surface area (Å²) in [7, 11) is 0. The van der Waals surface area contributed by atoms with Crippen LogP contribution < -0.4 is 10.1 Å². The monoisotopic (exact) mass is 318 g/mol. The Morgan fingerprint density at radius 1 is 1.32 bits per heavy atom. The van der Waals surface area contributed by atoms with Gasteiger partial charge in [-0.3, -0.25) is 4.79 Å². The Morgan fingerprint density at radius 2 is 2.09 bits per heavy atom. The van der Waals surface area contributed by atoms with E-state index in [1.54, 1.807) is 12.1 Å². The molecule has 0 aliphatic rings. The minimum Gasteiger partial charge on any atom is -0.483 e. The van der Waals surface area contributed by atoms with Crippen LogP contribution >= 0.6 is 11.6 Å². The number of anilines is 1. The summed E-state index contributed by atoms with van der Waals surface area (Å²) in [5, 5.41) is 3.10. The summed E-state index contributed by atoms with van der Waals surface area (Å²) in [4.78, 5) is 15.8. The van der Waals surface area contributed by atoms with Crippen LogP contribution in [0, 0.1) is 0 Å². The van der Waals surface area contributed by atoms with E-state index in [1.807, 2.05) is 24.3 Å². The predicted molar refractivity (Wildman–Crippen MR) is 88.5 cm³/mol. The molecule has 1 unspecified atom stereocenters. The fourth-order valence-corrected chi connectivity index (χ4v) is 2.14. The molecule has 2 rings (SSSR count). The van der Waals surface area contributed by atoms with Gasteiger partial charge in [0.15, 0.2) is 6.61 Å². The van der Waals surface area contributed by atoms with Gasteiger partial charge in [0, 0.05) is 0 Å². The molecule has 116 valence electrons. The Bertz CT molecular complexity index is 629. The van der Waals surface area contributed by atoms with E-state index in [4.69, 9.17) is 16.3 Å². The highest BCUT2D eigenvalue weighted by Gasteiger charge is 2.11. The SMILES string of the molecule is CCC(C)c1ccccc1OCC(=O)Nc1ccc(Cl)nc1. The van der Waals surface area contributed by atoms with Gasteiger partial charge in [0.2, 0.25) is 0 Å². The number of halogens is 1. The summed E-state index contributed by atoms with van der Waals surface area (Å²) in [6.07, 6.45) is 2.52. The van der Waals surface area contributed by atoms with Gasteiger partial charge in [-0.2, -0.15) is 0 Å². The quantitative estimate of drug-likeness (QED) is 0.809. The molecule has 1 amide bonds. The summed E-state index contributed by atoms with van der Waals surface area (Å²) < 4.78 is 5.66. The zero-order chi connectivity index (χ0) is 15.9. The number of ether oxygens (including phenoxy) is 1. The standard InChI is InChI=1S/C17H19ClN2O2/c1-3-12(2)14-6-4-5-7-15(14)22-11-17(21)20-13-8-9-16(18)19-10-13/h4-10,12H,3,11H2,1-2H3,(H,20,21). The van der Waals surface area contributed by atoms with E-state index < -0.39 is 0 Å². The van der Waals surface area contributed by atoms with E-state index in [0.29, 0.717) is 16.8 Å². The van der Waals surface area contributed by atoms with Crippen molar-refractivity contribution in [3.8, 4) is 5.75 Å². The maximum Gasteiger partial charge on any atom is 0.262 e. The third-order valence-corrected chi connectivity index (χ3v) is 3.66. The number of nitrogens with zero attached hydrogens (tertiary/aromatic N) is 1. The van der Waals surface area contributed by atoms with Crippen molar-refractivity contribution in [2.24, 2.45) is 0 Å². The first kappa shape index (κ1) is 16.3. The van der Waals surface area contributed by atoms with Crippen LogP contribution in [-0.4, -0.2) is 17.5 Å². The van der Waals surface area contributed by atoms with Crippen LogP contribution in [0.1, 0.15) is 31.7 Å². The van der Waals surface area contributed by atoms with Crippen LogP contribution in [0.3, 0.4) is 0 Å². The lowest BCUT2D eigenvalue weighted by Gasteiger charge is -2.15. The number of para-hydroxylation sites is 1. The summed E-state index contributed by atoms with van der Waals surface area (Å²) in [6, 6.07) is 11.1. The van der Waals surface area contributed by atoms with Crippen molar-refractivity contribution in [2.45, 2.75) is 26.2 Å². The summed E-state index contributed by atoms with van der Waals surface area (Å²) in [5.41, 5.74) is 1.71. The number of carbonyl (C=O) groups excluding carboxylic acids is 1. The number of benzene rings is 1. The zero-order valence-electron chi connectivity index (χ0n) is 12.7. The van der Waals surface area contributed by atoms with Crippen molar-refractivity contribution in [3.05, 3.63) is 53.3 Å². The molecule has 1 N–H and O–H groups in total. The van der Waals surface area contributed by atoms with Crippen molar-refractivity contribution in [2.75, 3.05) is 11.9 Å². The fraction of sp³-hybridized carbons (Fsp3) is 0.294. The molecule has 1 heterocycles. The van der Waals surface area contributed by atoms with Gasteiger partial charge in [0.1, 0.15) is 10.9 Å². The van der Waals surface area contributed by atoms with Crippen LogP contribution in [0.25, 0.3) is 0 Å². The number of carbonyl (C=O) groups is 1. The lowest BCUT2D eigenvalue weighted by Crippen LogP contribution is -2.20. The third kappa shape index (κ3) is 4.46. The van der Waals surface area contributed by atoms with Crippen LogP contribution in [0.5, 0.6) is 5.75 Å². The second kappa shape index (κ2) is 7.80. The topological polar surface area (TPSA) is 51.2 Å². The van der Waals surface area contributed by atoms with Crippen molar-refractivity contribution in [1.82, 2.24) is 4.98 Å². The van der Waals surface area contributed by atoms with Crippen molar-refractivity contribution < 1.29 is 9.53 Å². The summed E-state index contributed by atoms with van der Waals surface area (Å²) >= 11 is 5.70. The van der Waals surface area contributed by atoms with E-state index in [9.17, 15) is 4.79 Å². The first-order chi connectivity index (χ1) is 10.6. The van der Waals surface area contributed by atoms with E-state index in [0.717, 1.165) is 17.7 Å². The molecule has 1 atom stereocenters.